The molecule has 0 aromatic carbocycles. The van der Waals surface area contributed by atoms with Crippen LogP contribution >= 0.6 is 11.8 Å². The van der Waals surface area contributed by atoms with E-state index in [4.69, 9.17) is 10.8 Å². The maximum Gasteiger partial charge on any atom is 0.327 e. The van der Waals surface area contributed by atoms with Gasteiger partial charge in [-0.05, 0) is 12.1 Å². The fraction of sp³-hybridized carbons (Fsp3) is 0.273. The van der Waals surface area contributed by atoms with Crippen molar-refractivity contribution in [1.82, 2.24) is 10.3 Å². The van der Waals surface area contributed by atoms with E-state index in [2.05, 4.69) is 10.3 Å². The van der Waals surface area contributed by atoms with Crippen LogP contribution < -0.4 is 11.1 Å². The average Bonchev–Trinajstić information content (AvgIpc) is 2.34. The number of amides is 2. The largest absolute Gasteiger partial charge is 0.480 e. The summed E-state index contributed by atoms with van der Waals surface area (Å²) in [5.41, 5.74) is 5.40. The highest BCUT2D eigenvalue weighted by Gasteiger charge is 2.20. The number of nitrogens with two attached hydrogens (primary N) is 1. The van der Waals surface area contributed by atoms with Gasteiger partial charge in [-0.2, -0.15) is 0 Å². The van der Waals surface area contributed by atoms with Crippen LogP contribution in [0.1, 0.15) is 17.3 Å². The average molecular weight is 283 g/mol. The molecule has 102 valence electrons. The van der Waals surface area contributed by atoms with Crippen molar-refractivity contribution in [3.05, 3.63) is 23.9 Å². The molecular weight excluding hydrogens is 270 g/mol. The van der Waals surface area contributed by atoms with E-state index in [9.17, 15) is 14.4 Å². The maximum atomic E-state index is 11.2. The molecule has 8 heteroatoms. The number of aromatic nitrogens is 1. The van der Waals surface area contributed by atoms with Gasteiger partial charge in [0, 0.05) is 18.9 Å². The molecule has 0 spiro atoms. The predicted octanol–water partition coefficient (Wildman–Crippen LogP) is -0.138. The molecular formula is C11H13N3O4S. The second-order valence-electron chi connectivity index (χ2n) is 3.62. The van der Waals surface area contributed by atoms with Gasteiger partial charge in [0.2, 0.25) is 5.91 Å². The Morgan fingerprint density at radius 1 is 1.53 bits per heavy atom. The summed E-state index contributed by atoms with van der Waals surface area (Å²) < 4.78 is 0. The molecule has 0 aliphatic carbocycles. The Hall–Kier alpha value is -2.09. The Morgan fingerprint density at radius 2 is 2.21 bits per heavy atom. The maximum absolute atomic E-state index is 11.2. The van der Waals surface area contributed by atoms with Gasteiger partial charge in [-0.1, -0.05) is 0 Å². The van der Waals surface area contributed by atoms with Crippen LogP contribution in [0.2, 0.25) is 0 Å². The molecule has 1 atom stereocenters. The van der Waals surface area contributed by atoms with Crippen LogP contribution in [0, 0.1) is 0 Å². The number of thioether (sulfide) groups is 1. The van der Waals surface area contributed by atoms with Crippen molar-refractivity contribution in [1.29, 1.82) is 0 Å². The number of carboxylic acid groups (broad SMARTS) is 1. The van der Waals surface area contributed by atoms with Gasteiger partial charge in [-0.3, -0.25) is 9.59 Å². The SMILES string of the molecule is CC(=O)NC(CSc1ncccc1C(N)=O)C(=O)O. The van der Waals surface area contributed by atoms with Crippen molar-refractivity contribution in [3.63, 3.8) is 0 Å². The molecule has 2 amide bonds. The molecule has 7 nitrogen and oxygen atoms in total. The van der Waals surface area contributed by atoms with Crippen LogP contribution in [-0.4, -0.2) is 39.7 Å². The highest BCUT2D eigenvalue weighted by Crippen LogP contribution is 2.20. The number of primary amides is 1. The molecule has 0 radical (unpaired) electrons. The third-order valence-electron chi connectivity index (χ3n) is 2.10. The van der Waals surface area contributed by atoms with Crippen LogP contribution in [-0.2, 0) is 9.59 Å². The Morgan fingerprint density at radius 3 is 2.74 bits per heavy atom. The van der Waals surface area contributed by atoms with Gasteiger partial charge in [0.1, 0.15) is 11.1 Å². The lowest BCUT2D eigenvalue weighted by Crippen LogP contribution is -2.41. The minimum Gasteiger partial charge on any atom is -0.480 e. The van der Waals surface area contributed by atoms with Gasteiger partial charge >= 0.3 is 5.97 Å². The minimum atomic E-state index is -1.15. The van der Waals surface area contributed by atoms with E-state index in [-0.39, 0.29) is 11.3 Å². The molecule has 19 heavy (non-hydrogen) atoms. The Bertz CT molecular complexity index is 506. The van der Waals surface area contributed by atoms with Crippen molar-refractivity contribution >= 4 is 29.5 Å². The van der Waals surface area contributed by atoms with E-state index in [1.54, 1.807) is 6.07 Å². The zero-order chi connectivity index (χ0) is 14.4. The number of pyridine rings is 1. The number of nitrogens with zero attached hydrogens (tertiary/aromatic N) is 1. The summed E-state index contributed by atoms with van der Waals surface area (Å²) >= 11 is 1.05. The Kier molecular flexibility index (Phi) is 5.31. The first-order valence-corrected chi connectivity index (χ1v) is 6.28. The van der Waals surface area contributed by atoms with E-state index < -0.39 is 23.8 Å². The van der Waals surface area contributed by atoms with Crippen molar-refractivity contribution in [2.24, 2.45) is 5.73 Å². The molecule has 1 unspecified atom stereocenters. The summed E-state index contributed by atoms with van der Waals surface area (Å²) in [5.74, 6) is -2.18. The highest BCUT2D eigenvalue weighted by molar-refractivity contribution is 7.99. The number of carboxylic acids is 1. The quantitative estimate of drug-likeness (QED) is 0.625. The van der Waals surface area contributed by atoms with Gasteiger partial charge < -0.3 is 16.2 Å². The second-order valence-corrected chi connectivity index (χ2v) is 4.63. The van der Waals surface area contributed by atoms with Crippen molar-refractivity contribution in [2.75, 3.05) is 5.75 Å². The fourth-order valence-corrected chi connectivity index (χ4v) is 2.29. The van der Waals surface area contributed by atoms with Crippen LogP contribution in [0.25, 0.3) is 0 Å². The van der Waals surface area contributed by atoms with Crippen molar-refractivity contribution < 1.29 is 19.5 Å². The van der Waals surface area contributed by atoms with Crippen LogP contribution in [0.4, 0.5) is 0 Å². The van der Waals surface area contributed by atoms with Gasteiger partial charge in [0.15, 0.2) is 0 Å². The first kappa shape index (κ1) is 15.0. The van der Waals surface area contributed by atoms with E-state index in [1.807, 2.05) is 0 Å². The normalized spacial score (nSPS) is 11.6. The number of carbonyl (C=O) groups is 3. The third kappa shape index (κ3) is 4.59. The summed E-state index contributed by atoms with van der Waals surface area (Å²) in [4.78, 5) is 36.9. The van der Waals surface area contributed by atoms with Crippen molar-refractivity contribution in [2.45, 2.75) is 18.0 Å². The summed E-state index contributed by atoms with van der Waals surface area (Å²) in [6, 6.07) is 2.02. The molecule has 1 heterocycles. The molecule has 0 saturated carbocycles. The lowest BCUT2D eigenvalue weighted by Gasteiger charge is -2.13. The summed E-state index contributed by atoms with van der Waals surface area (Å²) in [7, 11) is 0. The van der Waals surface area contributed by atoms with Gasteiger partial charge in [-0.15, -0.1) is 11.8 Å². The minimum absolute atomic E-state index is 0.0478. The number of hydrogen-bond acceptors (Lipinski definition) is 5. The Labute approximate surface area is 113 Å². The standard InChI is InChI=1S/C11H13N3O4S/c1-6(15)14-8(11(17)18)5-19-10-7(9(12)16)3-2-4-13-10/h2-4,8H,5H2,1H3,(H2,12,16)(H,14,15)(H,17,18). The van der Waals surface area contributed by atoms with E-state index in [0.29, 0.717) is 5.03 Å². The van der Waals surface area contributed by atoms with Crippen LogP contribution in [0.3, 0.4) is 0 Å². The number of hydrogen-bond donors (Lipinski definition) is 3. The summed E-state index contributed by atoms with van der Waals surface area (Å²) in [6.07, 6.45) is 1.48. The number of nitrogens with one attached hydrogen (secondary N) is 1. The molecule has 4 N–H and O–H groups in total. The molecule has 0 bridgehead atoms. The monoisotopic (exact) mass is 283 g/mol. The lowest BCUT2D eigenvalue weighted by atomic mass is 10.3. The fourth-order valence-electron chi connectivity index (χ4n) is 1.28. The number of rotatable bonds is 6. The van der Waals surface area contributed by atoms with E-state index >= 15 is 0 Å². The molecule has 0 fully saturated rings. The third-order valence-corrected chi connectivity index (χ3v) is 3.20. The second kappa shape index (κ2) is 6.74. The Balaban J connectivity index is 2.77. The number of aliphatic carboxylic acids is 1. The zero-order valence-electron chi connectivity index (χ0n) is 10.1. The first-order chi connectivity index (χ1) is 8.91. The van der Waals surface area contributed by atoms with Gasteiger partial charge in [0.25, 0.3) is 5.91 Å². The van der Waals surface area contributed by atoms with Crippen LogP contribution in [0.15, 0.2) is 23.4 Å². The van der Waals surface area contributed by atoms with E-state index in [0.717, 1.165) is 11.8 Å². The summed E-state index contributed by atoms with van der Waals surface area (Å²) in [5, 5.41) is 11.6. The molecule has 1 aromatic heterocycles. The molecule has 0 aliphatic heterocycles. The van der Waals surface area contributed by atoms with Crippen molar-refractivity contribution in [3.8, 4) is 0 Å². The molecule has 1 aromatic rings. The lowest BCUT2D eigenvalue weighted by molar-refractivity contribution is -0.140. The van der Waals surface area contributed by atoms with Crippen LogP contribution in [0.5, 0.6) is 0 Å². The molecule has 0 saturated heterocycles. The first-order valence-electron chi connectivity index (χ1n) is 5.29. The smallest absolute Gasteiger partial charge is 0.327 e. The topological polar surface area (TPSA) is 122 Å². The molecule has 1 rings (SSSR count). The molecule has 0 aliphatic rings. The number of carbonyl (C=O) groups excluding carboxylic acids is 2. The van der Waals surface area contributed by atoms with Gasteiger partial charge in [-0.25, -0.2) is 9.78 Å². The summed E-state index contributed by atoms with van der Waals surface area (Å²) in [6.45, 7) is 1.23. The predicted molar refractivity (Wildman–Crippen MR) is 68.7 cm³/mol. The zero-order valence-corrected chi connectivity index (χ0v) is 10.9. The highest BCUT2D eigenvalue weighted by atomic mass is 32.2. The van der Waals surface area contributed by atoms with Gasteiger partial charge in [0.05, 0.1) is 5.56 Å². The van der Waals surface area contributed by atoms with E-state index in [1.165, 1.54) is 19.2 Å².